The van der Waals surface area contributed by atoms with Crippen LogP contribution < -0.4 is 14.8 Å². The number of ether oxygens (including phenoxy) is 3. The Morgan fingerprint density at radius 1 is 1.20 bits per heavy atom. The highest BCUT2D eigenvalue weighted by atomic mass is 16.5. The van der Waals surface area contributed by atoms with Crippen molar-refractivity contribution in [3.05, 3.63) is 36.4 Å². The van der Waals surface area contributed by atoms with Crippen LogP contribution in [0.4, 0.5) is 0 Å². The summed E-state index contributed by atoms with van der Waals surface area (Å²) in [5.41, 5.74) is 0.295. The maximum absolute atomic E-state index is 12.2. The van der Waals surface area contributed by atoms with Crippen molar-refractivity contribution >= 4 is 11.9 Å². The number of benzene rings is 1. The second-order valence-corrected chi connectivity index (χ2v) is 5.88. The lowest BCUT2D eigenvalue weighted by Gasteiger charge is -2.16. The summed E-state index contributed by atoms with van der Waals surface area (Å²) in [5, 5.41) is 2.58. The monoisotopic (exact) mass is 349 g/mol. The molecule has 0 aliphatic rings. The molecule has 1 atom stereocenters. The first-order valence-electron chi connectivity index (χ1n) is 8.38. The second kappa shape index (κ2) is 10.4. The molecule has 0 saturated carbocycles. The number of rotatable bonds is 10. The van der Waals surface area contributed by atoms with E-state index in [1.165, 1.54) is 6.92 Å². The molecule has 0 fully saturated rings. The summed E-state index contributed by atoms with van der Waals surface area (Å²) in [5.74, 6) is 0.437. The van der Waals surface area contributed by atoms with E-state index in [1.807, 2.05) is 20.8 Å². The molecular weight excluding hydrogens is 322 g/mol. The third-order valence-corrected chi connectivity index (χ3v) is 3.13. The molecule has 1 amide bonds. The fourth-order valence-electron chi connectivity index (χ4n) is 1.88. The van der Waals surface area contributed by atoms with Crippen LogP contribution in [0.25, 0.3) is 0 Å². The zero-order chi connectivity index (χ0) is 18.8. The van der Waals surface area contributed by atoms with Crippen LogP contribution >= 0.6 is 0 Å². The summed E-state index contributed by atoms with van der Waals surface area (Å²) < 4.78 is 16.4. The van der Waals surface area contributed by atoms with E-state index in [1.54, 1.807) is 24.3 Å². The topological polar surface area (TPSA) is 73.9 Å². The largest absolute Gasteiger partial charge is 0.490 e. The molecule has 6 nitrogen and oxygen atoms in total. The number of nitrogens with one attached hydrogen (secondary N) is 1. The summed E-state index contributed by atoms with van der Waals surface area (Å²) in [6.07, 6.45) is 0.649. The van der Waals surface area contributed by atoms with Crippen molar-refractivity contribution in [1.29, 1.82) is 0 Å². The molecule has 25 heavy (non-hydrogen) atoms. The molecule has 0 saturated heterocycles. The molecule has 1 aromatic rings. The van der Waals surface area contributed by atoms with E-state index in [-0.39, 0.29) is 5.91 Å². The molecule has 0 heterocycles. The van der Waals surface area contributed by atoms with Crippen LogP contribution in [0.15, 0.2) is 30.9 Å². The van der Waals surface area contributed by atoms with Crippen molar-refractivity contribution in [3.8, 4) is 11.5 Å². The number of hydrogen-bond acceptors (Lipinski definition) is 5. The van der Waals surface area contributed by atoms with Gasteiger partial charge in [0.1, 0.15) is 0 Å². The van der Waals surface area contributed by atoms with Gasteiger partial charge >= 0.3 is 5.97 Å². The van der Waals surface area contributed by atoms with Gasteiger partial charge in [-0.2, -0.15) is 0 Å². The first-order valence-corrected chi connectivity index (χ1v) is 8.38. The van der Waals surface area contributed by atoms with Crippen LogP contribution in [0.3, 0.4) is 0 Å². The van der Waals surface area contributed by atoms with Gasteiger partial charge in [0.25, 0.3) is 5.91 Å². The quantitative estimate of drug-likeness (QED) is 0.519. The molecule has 138 valence electrons. The maximum Gasteiger partial charge on any atom is 0.339 e. The molecule has 0 aliphatic carbocycles. The van der Waals surface area contributed by atoms with Gasteiger partial charge in [-0.25, -0.2) is 4.79 Å². The zero-order valence-corrected chi connectivity index (χ0v) is 15.3. The predicted octanol–water partition coefficient (Wildman–Crippen LogP) is 2.97. The van der Waals surface area contributed by atoms with Gasteiger partial charge in [0, 0.05) is 6.54 Å². The number of carbonyl (C=O) groups excluding carboxylic acids is 2. The summed E-state index contributed by atoms with van der Waals surface area (Å²) in [7, 11) is 0. The highest BCUT2D eigenvalue weighted by molar-refractivity contribution is 5.92. The minimum Gasteiger partial charge on any atom is -0.490 e. The first-order chi connectivity index (χ1) is 11.9. The molecule has 0 radical (unpaired) electrons. The van der Waals surface area contributed by atoms with Crippen LogP contribution in [-0.2, 0) is 9.53 Å². The number of hydrogen-bond donors (Lipinski definition) is 1. The van der Waals surface area contributed by atoms with E-state index in [9.17, 15) is 9.59 Å². The van der Waals surface area contributed by atoms with Gasteiger partial charge in [-0.1, -0.05) is 19.9 Å². The Bertz CT molecular complexity index is 597. The molecule has 0 unspecified atom stereocenters. The average molecular weight is 349 g/mol. The number of esters is 1. The lowest BCUT2D eigenvalue weighted by molar-refractivity contribution is -0.128. The van der Waals surface area contributed by atoms with Gasteiger partial charge in [-0.05, 0) is 38.0 Å². The average Bonchev–Trinajstić information content (AvgIpc) is 2.58. The smallest absolute Gasteiger partial charge is 0.339 e. The van der Waals surface area contributed by atoms with Gasteiger partial charge in [0.15, 0.2) is 17.6 Å². The van der Waals surface area contributed by atoms with Crippen LogP contribution in [0.5, 0.6) is 11.5 Å². The maximum atomic E-state index is 12.2. The van der Waals surface area contributed by atoms with E-state index >= 15 is 0 Å². The van der Waals surface area contributed by atoms with Crippen LogP contribution in [0, 0.1) is 5.92 Å². The highest BCUT2D eigenvalue weighted by Gasteiger charge is 2.19. The summed E-state index contributed by atoms with van der Waals surface area (Å²) >= 11 is 0. The molecule has 1 N–H and O–H groups in total. The fourth-order valence-corrected chi connectivity index (χ4v) is 1.88. The van der Waals surface area contributed by atoms with Crippen LogP contribution in [0.1, 0.15) is 38.1 Å². The van der Waals surface area contributed by atoms with Gasteiger partial charge < -0.3 is 19.5 Å². The first kappa shape index (κ1) is 20.5. The van der Waals surface area contributed by atoms with Crippen molar-refractivity contribution in [1.82, 2.24) is 5.32 Å². The Morgan fingerprint density at radius 3 is 2.52 bits per heavy atom. The third kappa shape index (κ3) is 6.87. The van der Waals surface area contributed by atoms with E-state index < -0.39 is 12.1 Å². The van der Waals surface area contributed by atoms with Crippen molar-refractivity contribution in [2.45, 2.75) is 33.8 Å². The molecule has 0 spiro atoms. The molecule has 0 aromatic heterocycles. The minimum atomic E-state index is -0.903. The van der Waals surface area contributed by atoms with Gasteiger partial charge in [0.05, 0.1) is 18.8 Å². The lowest BCUT2D eigenvalue weighted by atomic mass is 10.2. The Hall–Kier alpha value is -2.50. The van der Waals surface area contributed by atoms with E-state index in [4.69, 9.17) is 14.2 Å². The SMILES string of the molecule is C=CCNC(=O)[C@@H](C)OC(=O)c1ccc(OCC(C)C)c(OCC)c1. The number of amides is 1. The van der Waals surface area contributed by atoms with E-state index in [0.29, 0.717) is 42.7 Å². The minimum absolute atomic E-state index is 0.295. The van der Waals surface area contributed by atoms with Gasteiger partial charge in [0.2, 0.25) is 0 Å². The lowest BCUT2D eigenvalue weighted by Crippen LogP contribution is -2.35. The van der Waals surface area contributed by atoms with Crippen molar-refractivity contribution < 1.29 is 23.8 Å². The van der Waals surface area contributed by atoms with E-state index in [2.05, 4.69) is 11.9 Å². The van der Waals surface area contributed by atoms with Crippen molar-refractivity contribution in [2.75, 3.05) is 19.8 Å². The Balaban J connectivity index is 2.82. The summed E-state index contributed by atoms with van der Waals surface area (Å²) in [6.45, 7) is 12.3. The number of carbonyl (C=O) groups is 2. The summed E-state index contributed by atoms with van der Waals surface area (Å²) in [6, 6.07) is 4.83. The Kier molecular flexibility index (Phi) is 8.53. The van der Waals surface area contributed by atoms with E-state index in [0.717, 1.165) is 0 Å². The van der Waals surface area contributed by atoms with Crippen molar-refractivity contribution in [3.63, 3.8) is 0 Å². The molecule has 1 rings (SSSR count). The summed E-state index contributed by atoms with van der Waals surface area (Å²) in [4.78, 5) is 24.0. The molecule has 6 heteroatoms. The van der Waals surface area contributed by atoms with Gasteiger partial charge in [-0.15, -0.1) is 6.58 Å². The van der Waals surface area contributed by atoms with Crippen LogP contribution in [-0.4, -0.2) is 37.7 Å². The predicted molar refractivity (Wildman–Crippen MR) is 96.0 cm³/mol. The normalized spacial score (nSPS) is 11.6. The standard InChI is InChI=1S/C19H27NO5/c1-6-10-20-18(21)14(5)25-19(22)15-8-9-16(24-12-13(3)4)17(11-15)23-7-2/h6,8-9,11,13-14H,1,7,10,12H2,2-5H3,(H,20,21)/t14-/m1/s1. The molecule has 0 bridgehead atoms. The molecular formula is C19H27NO5. The van der Waals surface area contributed by atoms with Crippen LogP contribution in [0.2, 0.25) is 0 Å². The Labute approximate surface area is 149 Å². The Morgan fingerprint density at radius 2 is 1.92 bits per heavy atom. The van der Waals surface area contributed by atoms with Gasteiger partial charge in [-0.3, -0.25) is 4.79 Å². The zero-order valence-electron chi connectivity index (χ0n) is 15.3. The third-order valence-electron chi connectivity index (χ3n) is 3.13. The van der Waals surface area contributed by atoms with Crippen molar-refractivity contribution in [2.24, 2.45) is 5.92 Å². The molecule has 0 aliphatic heterocycles. The highest BCUT2D eigenvalue weighted by Crippen LogP contribution is 2.29. The molecule has 1 aromatic carbocycles. The fraction of sp³-hybridized carbons (Fsp3) is 0.474. The second-order valence-electron chi connectivity index (χ2n) is 5.88.